The summed E-state index contributed by atoms with van der Waals surface area (Å²) in [6.07, 6.45) is 0.766. The highest BCUT2D eigenvalue weighted by Gasteiger charge is 2.14. The molecule has 1 aromatic carbocycles. The lowest BCUT2D eigenvalue weighted by molar-refractivity contribution is 0.418. The Morgan fingerprint density at radius 2 is 2.22 bits per heavy atom. The van der Waals surface area contributed by atoms with Gasteiger partial charge in [0.25, 0.3) is 5.89 Å². The van der Waals surface area contributed by atoms with Crippen LogP contribution in [-0.4, -0.2) is 23.2 Å². The molecule has 0 aliphatic rings. The quantitative estimate of drug-likeness (QED) is 0.855. The molecule has 18 heavy (non-hydrogen) atoms. The number of hydrogen-bond acceptors (Lipinski definition) is 4. The van der Waals surface area contributed by atoms with Gasteiger partial charge in [0, 0.05) is 16.0 Å². The van der Waals surface area contributed by atoms with Gasteiger partial charge in [-0.2, -0.15) is 4.98 Å². The van der Waals surface area contributed by atoms with Crippen LogP contribution < -0.4 is 5.32 Å². The van der Waals surface area contributed by atoms with Gasteiger partial charge < -0.3 is 9.84 Å². The maximum absolute atomic E-state index is 5.34. The maximum atomic E-state index is 5.34. The fourth-order valence-electron chi connectivity index (χ4n) is 1.63. The Balaban J connectivity index is 2.27. The van der Waals surface area contributed by atoms with Gasteiger partial charge in [-0.3, -0.25) is 0 Å². The highest BCUT2D eigenvalue weighted by molar-refractivity contribution is 14.1. The smallest absolute Gasteiger partial charge is 0.259 e. The average molecular weight is 357 g/mol. The zero-order valence-electron chi connectivity index (χ0n) is 10.7. The lowest BCUT2D eigenvalue weighted by Gasteiger charge is -2.05. The number of halogens is 1. The molecule has 0 saturated carbocycles. The molecule has 1 aromatic heterocycles. The van der Waals surface area contributed by atoms with Crippen LogP contribution in [0.15, 0.2) is 22.7 Å². The molecule has 0 aliphatic carbocycles. The molecule has 1 heterocycles. The van der Waals surface area contributed by atoms with Crippen molar-refractivity contribution in [3.63, 3.8) is 0 Å². The van der Waals surface area contributed by atoms with Crippen LogP contribution in [0.2, 0.25) is 0 Å². The first-order valence-electron chi connectivity index (χ1n) is 5.87. The second-order valence-electron chi connectivity index (χ2n) is 4.35. The topological polar surface area (TPSA) is 51.0 Å². The summed E-state index contributed by atoms with van der Waals surface area (Å²) in [6, 6.07) is 6.43. The van der Waals surface area contributed by atoms with Crippen LogP contribution >= 0.6 is 22.6 Å². The van der Waals surface area contributed by atoms with E-state index in [0.29, 0.717) is 11.9 Å². The van der Waals surface area contributed by atoms with E-state index in [-0.39, 0.29) is 0 Å². The summed E-state index contributed by atoms with van der Waals surface area (Å²) in [5.74, 6) is 1.34. The van der Waals surface area contributed by atoms with Crippen molar-refractivity contribution in [1.29, 1.82) is 0 Å². The number of likely N-dealkylation sites (N-methyl/N-ethyl adjacent to an activating group) is 1. The zero-order chi connectivity index (χ0) is 13.1. The third-order valence-electron chi connectivity index (χ3n) is 2.87. The number of nitrogens with one attached hydrogen (secondary N) is 1. The summed E-state index contributed by atoms with van der Waals surface area (Å²) in [4.78, 5) is 4.45. The molecule has 1 atom stereocenters. The summed E-state index contributed by atoms with van der Waals surface area (Å²) in [6.45, 7) is 4.16. The van der Waals surface area contributed by atoms with Crippen molar-refractivity contribution >= 4 is 22.6 Å². The van der Waals surface area contributed by atoms with E-state index in [1.54, 1.807) is 0 Å². The molecule has 0 spiro atoms. The van der Waals surface area contributed by atoms with Gasteiger partial charge in [0.1, 0.15) is 0 Å². The number of benzene rings is 1. The lowest BCUT2D eigenvalue weighted by atomic mass is 10.1. The normalized spacial score (nSPS) is 12.7. The Bertz CT molecular complexity index is 539. The molecule has 0 amide bonds. The lowest BCUT2D eigenvalue weighted by Crippen LogP contribution is -2.24. The fraction of sp³-hybridized carbons (Fsp3) is 0.385. The van der Waals surface area contributed by atoms with Gasteiger partial charge in [0.2, 0.25) is 0 Å². The van der Waals surface area contributed by atoms with Crippen molar-refractivity contribution in [2.75, 3.05) is 7.05 Å². The first-order valence-corrected chi connectivity index (χ1v) is 6.95. The van der Waals surface area contributed by atoms with Gasteiger partial charge in [0.05, 0.1) is 5.56 Å². The van der Waals surface area contributed by atoms with E-state index in [1.807, 2.05) is 19.2 Å². The number of aryl methyl sites for hydroxylation is 1. The van der Waals surface area contributed by atoms with E-state index in [1.165, 1.54) is 5.56 Å². The van der Waals surface area contributed by atoms with Crippen LogP contribution in [-0.2, 0) is 6.42 Å². The van der Waals surface area contributed by atoms with Crippen LogP contribution in [0, 0.1) is 10.5 Å². The van der Waals surface area contributed by atoms with Crippen molar-refractivity contribution in [2.24, 2.45) is 0 Å². The molecule has 0 saturated heterocycles. The largest absolute Gasteiger partial charge is 0.334 e. The fourth-order valence-corrected chi connectivity index (χ4v) is 2.23. The van der Waals surface area contributed by atoms with Gasteiger partial charge in [-0.15, -0.1) is 0 Å². The standard InChI is InChI=1S/C13H16IN3O/c1-8-5-4-6-10(12(8)14)13-16-11(17-18-13)7-9(2)15-3/h4-6,9,15H,7H2,1-3H3. The molecule has 1 unspecified atom stereocenters. The van der Waals surface area contributed by atoms with Gasteiger partial charge in [-0.25, -0.2) is 0 Å². The Morgan fingerprint density at radius 1 is 1.44 bits per heavy atom. The predicted octanol–water partition coefficient (Wildman–Crippen LogP) is 2.80. The van der Waals surface area contributed by atoms with E-state index >= 15 is 0 Å². The average Bonchev–Trinajstić information content (AvgIpc) is 2.80. The second-order valence-corrected chi connectivity index (χ2v) is 5.42. The van der Waals surface area contributed by atoms with Crippen LogP contribution in [0.1, 0.15) is 18.3 Å². The van der Waals surface area contributed by atoms with Crippen LogP contribution in [0.5, 0.6) is 0 Å². The molecule has 2 rings (SSSR count). The minimum atomic E-state index is 0.340. The Hall–Kier alpha value is -0.950. The van der Waals surface area contributed by atoms with Gasteiger partial charge in [0.15, 0.2) is 5.82 Å². The van der Waals surface area contributed by atoms with E-state index < -0.39 is 0 Å². The van der Waals surface area contributed by atoms with E-state index in [0.717, 1.165) is 21.4 Å². The number of rotatable bonds is 4. The molecule has 0 radical (unpaired) electrons. The first kappa shape index (κ1) is 13.5. The number of nitrogens with zero attached hydrogens (tertiary/aromatic N) is 2. The number of hydrogen-bond donors (Lipinski definition) is 1. The summed E-state index contributed by atoms with van der Waals surface area (Å²) in [5.41, 5.74) is 2.22. The van der Waals surface area contributed by atoms with E-state index in [2.05, 4.69) is 58.0 Å². The molecule has 0 aliphatic heterocycles. The van der Waals surface area contributed by atoms with Crippen LogP contribution in [0.4, 0.5) is 0 Å². The molecule has 5 heteroatoms. The third-order valence-corrected chi connectivity index (χ3v) is 4.30. The van der Waals surface area contributed by atoms with Gasteiger partial charge in [-0.05, 0) is 55.1 Å². The summed E-state index contributed by atoms with van der Waals surface area (Å²) in [5, 5.41) is 7.18. The molecule has 1 N–H and O–H groups in total. The number of aromatic nitrogens is 2. The monoisotopic (exact) mass is 357 g/mol. The SMILES string of the molecule is CNC(C)Cc1noc(-c2cccc(C)c2I)n1. The highest BCUT2D eigenvalue weighted by Crippen LogP contribution is 2.26. The van der Waals surface area contributed by atoms with Crippen LogP contribution in [0.25, 0.3) is 11.5 Å². The van der Waals surface area contributed by atoms with Crippen molar-refractivity contribution in [3.8, 4) is 11.5 Å². The maximum Gasteiger partial charge on any atom is 0.259 e. The first-order chi connectivity index (χ1) is 8.61. The summed E-state index contributed by atoms with van der Waals surface area (Å²) in [7, 11) is 1.93. The second kappa shape index (κ2) is 5.79. The minimum absolute atomic E-state index is 0.340. The summed E-state index contributed by atoms with van der Waals surface area (Å²) < 4.78 is 6.50. The van der Waals surface area contributed by atoms with Crippen molar-refractivity contribution < 1.29 is 4.52 Å². The minimum Gasteiger partial charge on any atom is -0.334 e. The molecule has 0 fully saturated rings. The Labute approximate surface area is 120 Å². The zero-order valence-corrected chi connectivity index (χ0v) is 12.9. The molecule has 4 nitrogen and oxygen atoms in total. The Morgan fingerprint density at radius 3 is 2.94 bits per heavy atom. The molecular weight excluding hydrogens is 341 g/mol. The van der Waals surface area contributed by atoms with Gasteiger partial charge >= 0.3 is 0 Å². The predicted molar refractivity (Wildman–Crippen MR) is 79.4 cm³/mol. The van der Waals surface area contributed by atoms with E-state index in [9.17, 15) is 0 Å². The highest BCUT2D eigenvalue weighted by atomic mass is 127. The van der Waals surface area contributed by atoms with Crippen molar-refractivity contribution in [1.82, 2.24) is 15.5 Å². The van der Waals surface area contributed by atoms with Crippen molar-refractivity contribution in [2.45, 2.75) is 26.3 Å². The summed E-state index contributed by atoms with van der Waals surface area (Å²) >= 11 is 2.31. The van der Waals surface area contributed by atoms with Gasteiger partial charge in [-0.1, -0.05) is 17.3 Å². The third kappa shape index (κ3) is 2.89. The molecule has 0 bridgehead atoms. The Kier molecular flexibility index (Phi) is 4.34. The van der Waals surface area contributed by atoms with Crippen LogP contribution in [0.3, 0.4) is 0 Å². The molecular formula is C13H16IN3O. The van der Waals surface area contributed by atoms with Crippen molar-refractivity contribution in [3.05, 3.63) is 33.2 Å². The molecule has 96 valence electrons. The van der Waals surface area contributed by atoms with E-state index in [4.69, 9.17) is 4.52 Å². The molecule has 2 aromatic rings.